The van der Waals surface area contributed by atoms with E-state index in [4.69, 9.17) is 21.1 Å². The molecule has 0 atom stereocenters. The number of methoxy groups -OCH3 is 1. The van der Waals surface area contributed by atoms with Crippen LogP contribution in [0.25, 0.3) is 0 Å². The van der Waals surface area contributed by atoms with Crippen LogP contribution < -0.4 is 10.1 Å². The van der Waals surface area contributed by atoms with Gasteiger partial charge in [0.2, 0.25) is 0 Å². The van der Waals surface area contributed by atoms with Crippen LogP contribution in [0.3, 0.4) is 0 Å². The maximum atomic E-state index is 6.27. The number of aromatic nitrogens is 2. The van der Waals surface area contributed by atoms with Crippen LogP contribution in [-0.2, 0) is 17.8 Å². The van der Waals surface area contributed by atoms with E-state index >= 15 is 0 Å². The van der Waals surface area contributed by atoms with Gasteiger partial charge in [0.1, 0.15) is 5.75 Å². The monoisotopic (exact) mass is 309 g/mol. The van der Waals surface area contributed by atoms with E-state index in [-0.39, 0.29) is 0 Å². The second-order valence-electron chi connectivity index (χ2n) is 4.52. The third-order valence-corrected chi connectivity index (χ3v) is 3.38. The van der Waals surface area contributed by atoms with E-state index in [1.54, 1.807) is 13.3 Å². The molecule has 0 spiro atoms. The smallest absolute Gasteiger partial charge is 0.165 e. The van der Waals surface area contributed by atoms with Gasteiger partial charge in [-0.05, 0) is 19.1 Å². The molecule has 1 aromatic carbocycles. The molecule has 0 unspecified atom stereocenters. The number of benzene rings is 1. The van der Waals surface area contributed by atoms with Crippen LogP contribution in [0, 0.1) is 0 Å². The Kier molecular flexibility index (Phi) is 6.04. The number of nitrogens with zero attached hydrogens (tertiary/aromatic N) is 2. The van der Waals surface area contributed by atoms with E-state index in [9.17, 15) is 0 Å². The Morgan fingerprint density at radius 2 is 2.24 bits per heavy atom. The van der Waals surface area contributed by atoms with Crippen molar-refractivity contribution in [2.24, 2.45) is 0 Å². The van der Waals surface area contributed by atoms with Crippen LogP contribution in [0.4, 0.5) is 0 Å². The number of nitrogens with one attached hydrogen (secondary N) is 1. The summed E-state index contributed by atoms with van der Waals surface area (Å²) in [4.78, 5) is 0. The summed E-state index contributed by atoms with van der Waals surface area (Å²) >= 11 is 6.27. The van der Waals surface area contributed by atoms with Crippen LogP contribution in [0.1, 0.15) is 12.5 Å². The van der Waals surface area contributed by atoms with Crippen molar-refractivity contribution in [3.8, 4) is 11.5 Å². The summed E-state index contributed by atoms with van der Waals surface area (Å²) in [6.07, 6.45) is 3.57. The molecule has 5 nitrogen and oxygen atoms in total. The normalized spacial score (nSPS) is 10.8. The lowest BCUT2D eigenvalue weighted by molar-refractivity contribution is 0.199. The van der Waals surface area contributed by atoms with E-state index in [1.165, 1.54) is 0 Å². The summed E-state index contributed by atoms with van der Waals surface area (Å²) in [5.41, 5.74) is 0.930. The molecular weight excluding hydrogens is 290 g/mol. The van der Waals surface area contributed by atoms with Crippen molar-refractivity contribution in [3.63, 3.8) is 0 Å². The number of halogens is 1. The molecule has 0 saturated heterocycles. The standard InChI is InChI=1S/C15H20ClN3O2/c1-3-19-11-12(9-18-19)21-15-6-4-5-14(16)13(15)10-17-7-8-20-2/h4-6,9,11,17H,3,7-8,10H2,1-2H3. The minimum absolute atomic E-state index is 0.625. The highest BCUT2D eigenvalue weighted by Gasteiger charge is 2.10. The Morgan fingerprint density at radius 3 is 2.95 bits per heavy atom. The van der Waals surface area contributed by atoms with Gasteiger partial charge in [0.25, 0.3) is 0 Å². The Morgan fingerprint density at radius 1 is 1.38 bits per heavy atom. The molecule has 2 aromatic rings. The van der Waals surface area contributed by atoms with Crippen molar-refractivity contribution in [2.45, 2.75) is 20.0 Å². The first-order valence-corrected chi connectivity index (χ1v) is 7.29. The fourth-order valence-corrected chi connectivity index (χ4v) is 2.12. The van der Waals surface area contributed by atoms with Crippen molar-refractivity contribution in [1.82, 2.24) is 15.1 Å². The number of rotatable bonds is 8. The fraction of sp³-hybridized carbons (Fsp3) is 0.400. The summed E-state index contributed by atoms with van der Waals surface area (Å²) in [6, 6.07) is 5.64. The molecule has 0 aliphatic rings. The van der Waals surface area contributed by atoms with Gasteiger partial charge in [0.15, 0.2) is 5.75 Å². The van der Waals surface area contributed by atoms with Gasteiger partial charge in [0.05, 0.1) is 19.0 Å². The predicted molar refractivity (Wildman–Crippen MR) is 83.0 cm³/mol. The first-order chi connectivity index (χ1) is 10.2. The molecule has 0 fully saturated rings. The minimum Gasteiger partial charge on any atom is -0.454 e. The molecule has 0 saturated carbocycles. The van der Waals surface area contributed by atoms with Gasteiger partial charge in [-0.2, -0.15) is 5.10 Å². The highest BCUT2D eigenvalue weighted by molar-refractivity contribution is 6.31. The fourth-order valence-electron chi connectivity index (χ4n) is 1.89. The Bertz CT molecular complexity index is 572. The molecule has 6 heteroatoms. The number of hydrogen-bond acceptors (Lipinski definition) is 4. The van der Waals surface area contributed by atoms with Gasteiger partial charge in [-0.3, -0.25) is 4.68 Å². The Hall–Kier alpha value is -1.56. The van der Waals surface area contributed by atoms with Crippen molar-refractivity contribution in [3.05, 3.63) is 41.2 Å². The van der Waals surface area contributed by atoms with E-state index in [0.717, 1.165) is 24.4 Å². The Labute approximate surface area is 129 Å². The molecule has 1 aromatic heterocycles. The zero-order valence-electron chi connectivity index (χ0n) is 12.3. The average molecular weight is 310 g/mol. The van der Waals surface area contributed by atoms with Crippen molar-refractivity contribution in [2.75, 3.05) is 20.3 Å². The third kappa shape index (κ3) is 4.46. The summed E-state index contributed by atoms with van der Waals surface area (Å²) in [6.45, 7) is 4.88. The molecule has 0 bridgehead atoms. The number of hydrogen-bond donors (Lipinski definition) is 1. The highest BCUT2D eigenvalue weighted by Crippen LogP contribution is 2.30. The van der Waals surface area contributed by atoms with Crippen molar-refractivity contribution >= 4 is 11.6 Å². The molecule has 0 aliphatic carbocycles. The van der Waals surface area contributed by atoms with Gasteiger partial charge in [-0.15, -0.1) is 0 Å². The molecule has 0 aliphatic heterocycles. The minimum atomic E-state index is 0.625. The summed E-state index contributed by atoms with van der Waals surface area (Å²) in [7, 11) is 1.68. The molecule has 2 rings (SSSR count). The van der Waals surface area contributed by atoms with Crippen molar-refractivity contribution < 1.29 is 9.47 Å². The first-order valence-electron chi connectivity index (χ1n) is 6.92. The van der Waals surface area contributed by atoms with Gasteiger partial charge < -0.3 is 14.8 Å². The summed E-state index contributed by atoms with van der Waals surface area (Å²) < 4.78 is 12.7. The summed E-state index contributed by atoms with van der Waals surface area (Å²) in [5.74, 6) is 1.44. The lowest BCUT2D eigenvalue weighted by Gasteiger charge is -2.12. The van der Waals surface area contributed by atoms with Gasteiger partial charge in [-0.25, -0.2) is 0 Å². The molecule has 0 amide bonds. The first kappa shape index (κ1) is 15.8. The van der Waals surface area contributed by atoms with Crippen LogP contribution >= 0.6 is 11.6 Å². The topological polar surface area (TPSA) is 48.3 Å². The number of aryl methyl sites for hydroxylation is 1. The maximum absolute atomic E-state index is 6.27. The second-order valence-corrected chi connectivity index (χ2v) is 4.93. The third-order valence-electron chi connectivity index (χ3n) is 3.02. The molecule has 0 radical (unpaired) electrons. The van der Waals surface area contributed by atoms with Gasteiger partial charge in [-0.1, -0.05) is 17.7 Å². The average Bonchev–Trinajstić information content (AvgIpc) is 2.93. The van der Waals surface area contributed by atoms with Gasteiger partial charge in [0, 0.05) is 37.3 Å². The predicted octanol–water partition coefficient (Wildman–Crippen LogP) is 3.08. The van der Waals surface area contributed by atoms with E-state index in [2.05, 4.69) is 10.4 Å². The number of ether oxygens (including phenoxy) is 2. The molecule has 1 heterocycles. The van der Waals surface area contributed by atoms with Crippen LogP contribution in [0.5, 0.6) is 11.5 Å². The molecular formula is C15H20ClN3O2. The maximum Gasteiger partial charge on any atom is 0.165 e. The van der Waals surface area contributed by atoms with Crippen molar-refractivity contribution in [1.29, 1.82) is 0 Å². The molecule has 114 valence electrons. The summed E-state index contributed by atoms with van der Waals surface area (Å²) in [5, 5.41) is 8.15. The van der Waals surface area contributed by atoms with Crippen LogP contribution in [0.2, 0.25) is 5.02 Å². The van der Waals surface area contributed by atoms with E-state index in [1.807, 2.05) is 36.0 Å². The highest BCUT2D eigenvalue weighted by atomic mass is 35.5. The van der Waals surface area contributed by atoms with Gasteiger partial charge >= 0.3 is 0 Å². The molecule has 1 N–H and O–H groups in total. The lowest BCUT2D eigenvalue weighted by Crippen LogP contribution is -2.19. The SMILES string of the molecule is CCn1cc(Oc2cccc(Cl)c2CNCCOC)cn1. The van der Waals surface area contributed by atoms with Crippen LogP contribution in [-0.4, -0.2) is 30.0 Å². The van der Waals surface area contributed by atoms with E-state index in [0.29, 0.717) is 23.9 Å². The second kappa shape index (κ2) is 8.02. The molecule has 21 heavy (non-hydrogen) atoms. The quantitative estimate of drug-likeness (QED) is 0.761. The zero-order chi connectivity index (χ0) is 15.1. The largest absolute Gasteiger partial charge is 0.454 e. The van der Waals surface area contributed by atoms with Crippen LogP contribution in [0.15, 0.2) is 30.6 Å². The lowest BCUT2D eigenvalue weighted by atomic mass is 10.2. The Balaban J connectivity index is 2.09. The van der Waals surface area contributed by atoms with E-state index < -0.39 is 0 Å². The zero-order valence-corrected chi connectivity index (χ0v) is 13.1.